The van der Waals surface area contributed by atoms with E-state index in [9.17, 15) is 5.11 Å². The van der Waals surface area contributed by atoms with Gasteiger partial charge in [-0.05, 0) is 30.2 Å². The normalized spacial score (nSPS) is 24.9. The van der Waals surface area contributed by atoms with E-state index in [4.69, 9.17) is 11.6 Å². The fourth-order valence-electron chi connectivity index (χ4n) is 1.92. The summed E-state index contributed by atoms with van der Waals surface area (Å²) in [6.07, 6.45) is 2.83. The number of rotatable bonds is 1. The molecule has 0 saturated carbocycles. The first-order valence-electron chi connectivity index (χ1n) is 5.04. The number of benzene rings is 1. The molecule has 1 aliphatic heterocycles. The zero-order chi connectivity index (χ0) is 10.8. The molecule has 1 aliphatic rings. The Morgan fingerprint density at radius 3 is 3.07 bits per heavy atom. The highest BCUT2D eigenvalue weighted by atomic mass is 35.5. The van der Waals surface area contributed by atoms with Crippen LogP contribution in [0.25, 0.3) is 0 Å². The van der Waals surface area contributed by atoms with Crippen LogP contribution >= 0.6 is 11.6 Å². The third-order valence-electron chi connectivity index (χ3n) is 2.67. The molecular formula is C12H14ClNO. The monoisotopic (exact) mass is 223 g/mol. The summed E-state index contributed by atoms with van der Waals surface area (Å²) in [5.41, 5.74) is 2.11. The molecule has 0 aliphatic carbocycles. The van der Waals surface area contributed by atoms with Gasteiger partial charge in [0.05, 0.1) is 6.10 Å². The standard InChI is InChI=1S/C12H14ClNO/c1-2-10-7-11(15)6-8-5-9(13)3-4-12(8)14-10/h2-5,10-11,14-15H,1,6-7H2. The van der Waals surface area contributed by atoms with Crippen molar-refractivity contribution < 1.29 is 5.11 Å². The van der Waals surface area contributed by atoms with Crippen molar-refractivity contribution in [3.05, 3.63) is 41.4 Å². The molecule has 0 saturated heterocycles. The van der Waals surface area contributed by atoms with E-state index in [1.54, 1.807) is 0 Å². The summed E-state index contributed by atoms with van der Waals surface area (Å²) in [7, 11) is 0. The van der Waals surface area contributed by atoms with E-state index >= 15 is 0 Å². The average molecular weight is 224 g/mol. The molecule has 15 heavy (non-hydrogen) atoms. The summed E-state index contributed by atoms with van der Waals surface area (Å²) in [5.74, 6) is 0. The number of halogens is 1. The molecule has 0 bridgehead atoms. The van der Waals surface area contributed by atoms with Crippen molar-refractivity contribution in [3.63, 3.8) is 0 Å². The van der Waals surface area contributed by atoms with Gasteiger partial charge in [-0.25, -0.2) is 0 Å². The van der Waals surface area contributed by atoms with Crippen molar-refractivity contribution in [1.29, 1.82) is 0 Å². The van der Waals surface area contributed by atoms with E-state index < -0.39 is 0 Å². The van der Waals surface area contributed by atoms with Gasteiger partial charge in [0.15, 0.2) is 0 Å². The number of aliphatic hydroxyl groups is 1. The molecule has 0 fully saturated rings. The number of fused-ring (bicyclic) bond motifs is 1. The SMILES string of the molecule is C=CC1CC(O)Cc2cc(Cl)ccc2N1. The van der Waals surface area contributed by atoms with Gasteiger partial charge in [0.25, 0.3) is 0 Å². The maximum Gasteiger partial charge on any atom is 0.0604 e. The fourth-order valence-corrected chi connectivity index (χ4v) is 2.11. The molecule has 2 N–H and O–H groups in total. The summed E-state index contributed by atoms with van der Waals surface area (Å²) in [4.78, 5) is 0. The molecule has 0 aromatic heterocycles. The van der Waals surface area contributed by atoms with Crippen LogP contribution in [0.4, 0.5) is 5.69 Å². The molecule has 3 heteroatoms. The average Bonchev–Trinajstić information content (AvgIpc) is 2.35. The van der Waals surface area contributed by atoms with Crippen molar-refractivity contribution in [2.45, 2.75) is 25.0 Å². The maximum atomic E-state index is 9.80. The molecule has 0 radical (unpaired) electrons. The van der Waals surface area contributed by atoms with Gasteiger partial charge in [0.1, 0.15) is 0 Å². The zero-order valence-electron chi connectivity index (χ0n) is 8.41. The number of aliphatic hydroxyl groups excluding tert-OH is 1. The summed E-state index contributed by atoms with van der Waals surface area (Å²) in [6, 6.07) is 5.83. The molecule has 2 nitrogen and oxygen atoms in total. The van der Waals surface area contributed by atoms with Gasteiger partial charge in [0, 0.05) is 23.2 Å². The van der Waals surface area contributed by atoms with Gasteiger partial charge in [-0.3, -0.25) is 0 Å². The molecule has 1 aromatic carbocycles. The maximum absolute atomic E-state index is 9.80. The third kappa shape index (κ3) is 2.33. The zero-order valence-corrected chi connectivity index (χ0v) is 9.17. The van der Waals surface area contributed by atoms with Crippen LogP contribution in [0.15, 0.2) is 30.9 Å². The Bertz CT molecular complexity index is 378. The summed E-state index contributed by atoms with van der Waals surface area (Å²) < 4.78 is 0. The van der Waals surface area contributed by atoms with Gasteiger partial charge in [-0.1, -0.05) is 17.7 Å². The van der Waals surface area contributed by atoms with E-state index in [1.165, 1.54) is 0 Å². The number of nitrogens with one attached hydrogen (secondary N) is 1. The molecule has 80 valence electrons. The molecule has 2 unspecified atom stereocenters. The quantitative estimate of drug-likeness (QED) is 0.718. The largest absolute Gasteiger partial charge is 0.393 e. The highest BCUT2D eigenvalue weighted by Gasteiger charge is 2.19. The highest BCUT2D eigenvalue weighted by Crippen LogP contribution is 2.27. The van der Waals surface area contributed by atoms with Crippen LogP contribution < -0.4 is 5.32 Å². The van der Waals surface area contributed by atoms with Gasteiger partial charge in [-0.15, -0.1) is 6.58 Å². The Morgan fingerprint density at radius 1 is 1.53 bits per heavy atom. The van der Waals surface area contributed by atoms with Crippen molar-refractivity contribution in [1.82, 2.24) is 0 Å². The first-order valence-corrected chi connectivity index (χ1v) is 5.42. The molecule has 0 spiro atoms. The Kier molecular flexibility index (Phi) is 2.98. The Morgan fingerprint density at radius 2 is 2.33 bits per heavy atom. The van der Waals surface area contributed by atoms with Gasteiger partial charge in [0.2, 0.25) is 0 Å². The second-order valence-corrected chi connectivity index (χ2v) is 4.32. The van der Waals surface area contributed by atoms with Crippen LogP contribution in [-0.4, -0.2) is 17.3 Å². The Balaban J connectivity index is 2.35. The Labute approximate surface area is 94.6 Å². The van der Waals surface area contributed by atoms with E-state index in [0.29, 0.717) is 17.9 Å². The summed E-state index contributed by atoms with van der Waals surface area (Å²) in [5, 5.41) is 13.8. The topological polar surface area (TPSA) is 32.3 Å². The minimum atomic E-state index is -0.333. The molecule has 1 heterocycles. The highest BCUT2D eigenvalue weighted by molar-refractivity contribution is 6.30. The van der Waals surface area contributed by atoms with Crippen molar-refractivity contribution in [2.75, 3.05) is 5.32 Å². The summed E-state index contributed by atoms with van der Waals surface area (Å²) >= 11 is 5.92. The van der Waals surface area contributed by atoms with Crippen LogP contribution in [-0.2, 0) is 6.42 Å². The molecular weight excluding hydrogens is 210 g/mol. The third-order valence-corrected chi connectivity index (χ3v) is 2.91. The number of anilines is 1. The lowest BCUT2D eigenvalue weighted by atomic mass is 10.0. The molecule has 2 atom stereocenters. The van der Waals surface area contributed by atoms with Gasteiger partial charge in [-0.2, -0.15) is 0 Å². The van der Waals surface area contributed by atoms with Crippen LogP contribution in [0.5, 0.6) is 0 Å². The first kappa shape index (κ1) is 10.5. The summed E-state index contributed by atoms with van der Waals surface area (Å²) in [6.45, 7) is 3.75. The van der Waals surface area contributed by atoms with Crippen molar-refractivity contribution in [2.24, 2.45) is 0 Å². The van der Waals surface area contributed by atoms with Gasteiger partial charge >= 0.3 is 0 Å². The second kappa shape index (κ2) is 4.25. The van der Waals surface area contributed by atoms with Crippen LogP contribution in [0.1, 0.15) is 12.0 Å². The predicted octanol–water partition coefficient (Wildman–Crippen LogP) is 2.61. The smallest absolute Gasteiger partial charge is 0.0604 e. The van der Waals surface area contributed by atoms with E-state index in [-0.39, 0.29) is 12.1 Å². The van der Waals surface area contributed by atoms with Gasteiger partial charge < -0.3 is 10.4 Å². The molecule has 1 aromatic rings. The van der Waals surface area contributed by atoms with Crippen LogP contribution in [0, 0.1) is 0 Å². The number of hydrogen-bond donors (Lipinski definition) is 2. The number of hydrogen-bond acceptors (Lipinski definition) is 2. The molecule has 2 rings (SSSR count). The lowest BCUT2D eigenvalue weighted by molar-refractivity contribution is 0.165. The minimum absolute atomic E-state index is 0.127. The van der Waals surface area contributed by atoms with Crippen molar-refractivity contribution in [3.8, 4) is 0 Å². The molecule has 0 amide bonds. The van der Waals surface area contributed by atoms with Crippen LogP contribution in [0.3, 0.4) is 0 Å². The second-order valence-electron chi connectivity index (χ2n) is 3.88. The lowest BCUT2D eigenvalue weighted by Crippen LogP contribution is -2.20. The lowest BCUT2D eigenvalue weighted by Gasteiger charge is -2.14. The first-order chi connectivity index (χ1) is 7.19. The predicted molar refractivity (Wildman–Crippen MR) is 63.4 cm³/mol. The van der Waals surface area contributed by atoms with Crippen molar-refractivity contribution >= 4 is 17.3 Å². The van der Waals surface area contributed by atoms with Crippen LogP contribution in [0.2, 0.25) is 5.02 Å². The fraction of sp³-hybridized carbons (Fsp3) is 0.333. The minimum Gasteiger partial charge on any atom is -0.393 e. The Hall–Kier alpha value is -0.990. The van der Waals surface area contributed by atoms with E-state index in [2.05, 4.69) is 11.9 Å². The van der Waals surface area contributed by atoms with E-state index in [0.717, 1.165) is 11.3 Å². The van der Waals surface area contributed by atoms with E-state index in [1.807, 2.05) is 24.3 Å².